The van der Waals surface area contributed by atoms with E-state index >= 15 is 0 Å². The molecule has 0 aromatic heterocycles. The van der Waals surface area contributed by atoms with Crippen molar-refractivity contribution < 1.29 is 18.0 Å². The Morgan fingerprint density at radius 2 is 1.82 bits per heavy atom. The smallest absolute Gasteiger partial charge is 0.253 e. The normalized spacial score (nSPS) is 15.6. The van der Waals surface area contributed by atoms with E-state index in [4.69, 9.17) is 5.73 Å². The van der Waals surface area contributed by atoms with Gasteiger partial charge in [-0.15, -0.1) is 0 Å². The van der Waals surface area contributed by atoms with Crippen LogP contribution >= 0.6 is 0 Å². The topological polar surface area (TPSA) is 113 Å². The summed E-state index contributed by atoms with van der Waals surface area (Å²) in [7, 11) is -3.70. The van der Waals surface area contributed by atoms with Crippen LogP contribution in [-0.2, 0) is 14.8 Å². The zero-order valence-corrected chi connectivity index (χ0v) is 17.6. The van der Waals surface area contributed by atoms with Crippen LogP contribution in [0.3, 0.4) is 0 Å². The van der Waals surface area contributed by atoms with Gasteiger partial charge in [0, 0.05) is 31.9 Å². The monoisotopic (exact) mass is 410 g/mol. The molecule has 0 aliphatic carbocycles. The van der Waals surface area contributed by atoms with E-state index in [0.29, 0.717) is 24.7 Å². The highest BCUT2D eigenvalue weighted by atomic mass is 32.2. The van der Waals surface area contributed by atoms with Gasteiger partial charge in [0.2, 0.25) is 15.9 Å². The first-order valence-corrected chi connectivity index (χ1v) is 11.1. The van der Waals surface area contributed by atoms with E-state index in [9.17, 15) is 18.0 Å². The Bertz CT molecular complexity index is 813. The molecule has 0 unspecified atom stereocenters. The number of amides is 2. The van der Waals surface area contributed by atoms with Crippen molar-refractivity contribution >= 4 is 27.5 Å². The fraction of sp³-hybridized carbons (Fsp3) is 0.579. The molecule has 1 aliphatic heterocycles. The van der Waals surface area contributed by atoms with E-state index in [1.807, 2.05) is 0 Å². The minimum Gasteiger partial charge on any atom is -0.371 e. The Hall–Kier alpha value is -2.13. The summed E-state index contributed by atoms with van der Waals surface area (Å²) in [6, 6.07) is 4.63. The van der Waals surface area contributed by atoms with Crippen LogP contribution in [0, 0.1) is 5.92 Å². The maximum Gasteiger partial charge on any atom is 0.253 e. The molecule has 2 rings (SSSR count). The summed E-state index contributed by atoms with van der Waals surface area (Å²) < 4.78 is 27.1. The lowest BCUT2D eigenvalue weighted by atomic mass is 9.98. The molecule has 1 saturated heterocycles. The van der Waals surface area contributed by atoms with Crippen molar-refractivity contribution in [1.29, 1.82) is 0 Å². The Morgan fingerprint density at radius 1 is 1.21 bits per heavy atom. The third-order valence-corrected chi connectivity index (χ3v) is 7.15. The molecule has 0 saturated carbocycles. The van der Waals surface area contributed by atoms with Gasteiger partial charge in [0.05, 0.1) is 17.0 Å². The number of hydrogen-bond acceptors (Lipinski definition) is 5. The average Bonchev–Trinajstić information content (AvgIpc) is 2.67. The lowest BCUT2D eigenvalue weighted by molar-refractivity contribution is -0.117. The van der Waals surface area contributed by atoms with Crippen molar-refractivity contribution in [3.05, 3.63) is 23.8 Å². The van der Waals surface area contributed by atoms with Gasteiger partial charge in [-0.05, 0) is 37.0 Å². The summed E-state index contributed by atoms with van der Waals surface area (Å²) in [6.45, 7) is 7.69. The molecule has 0 bridgehead atoms. The SMILES string of the molecule is CCN(CC)S(=O)(=O)c1ccc(N2CCC(C)CC2)c(C(=O)NCC(N)=O)c1. The molecule has 1 aromatic carbocycles. The summed E-state index contributed by atoms with van der Waals surface area (Å²) in [5, 5.41) is 2.47. The summed E-state index contributed by atoms with van der Waals surface area (Å²) in [4.78, 5) is 25.9. The van der Waals surface area contributed by atoms with Gasteiger partial charge < -0.3 is 16.0 Å². The van der Waals surface area contributed by atoms with Crippen molar-refractivity contribution in [2.24, 2.45) is 11.7 Å². The molecule has 1 aromatic rings. The number of nitrogens with zero attached hydrogens (tertiary/aromatic N) is 2. The fourth-order valence-corrected chi connectivity index (χ4v) is 4.84. The van der Waals surface area contributed by atoms with Gasteiger partial charge in [-0.25, -0.2) is 8.42 Å². The van der Waals surface area contributed by atoms with Gasteiger partial charge >= 0.3 is 0 Å². The first-order chi connectivity index (χ1) is 13.2. The highest BCUT2D eigenvalue weighted by Gasteiger charge is 2.26. The van der Waals surface area contributed by atoms with Crippen LogP contribution in [0.2, 0.25) is 0 Å². The summed E-state index contributed by atoms with van der Waals surface area (Å²) in [5.41, 5.74) is 6.04. The van der Waals surface area contributed by atoms with E-state index in [-0.39, 0.29) is 17.0 Å². The van der Waals surface area contributed by atoms with Crippen molar-refractivity contribution in [3.8, 4) is 0 Å². The zero-order chi connectivity index (χ0) is 20.9. The van der Waals surface area contributed by atoms with Crippen LogP contribution in [-0.4, -0.2) is 57.3 Å². The highest BCUT2D eigenvalue weighted by molar-refractivity contribution is 7.89. The standard InChI is InChI=1S/C19H30N4O4S/c1-4-23(5-2)28(26,27)15-6-7-17(22-10-8-14(3)9-11-22)16(12-15)19(25)21-13-18(20)24/h6-7,12,14H,4-5,8-11,13H2,1-3H3,(H2,20,24)(H,21,25). The first-order valence-electron chi connectivity index (χ1n) is 9.66. The second kappa shape index (κ2) is 9.38. The number of primary amides is 1. The molecule has 0 atom stereocenters. The van der Waals surface area contributed by atoms with Crippen LogP contribution in [0.25, 0.3) is 0 Å². The largest absolute Gasteiger partial charge is 0.371 e. The van der Waals surface area contributed by atoms with E-state index in [0.717, 1.165) is 25.9 Å². The highest BCUT2D eigenvalue weighted by Crippen LogP contribution is 2.29. The number of nitrogens with two attached hydrogens (primary N) is 1. The lowest BCUT2D eigenvalue weighted by Gasteiger charge is -2.33. The Kier molecular flexibility index (Phi) is 7.42. The van der Waals surface area contributed by atoms with Crippen molar-refractivity contribution in [1.82, 2.24) is 9.62 Å². The van der Waals surface area contributed by atoms with E-state index < -0.39 is 21.8 Å². The predicted octanol–water partition coefficient (Wildman–Crippen LogP) is 1.17. The van der Waals surface area contributed by atoms with E-state index in [1.54, 1.807) is 26.0 Å². The fourth-order valence-electron chi connectivity index (χ4n) is 3.36. The second-order valence-corrected chi connectivity index (χ2v) is 9.02. The van der Waals surface area contributed by atoms with Crippen LogP contribution < -0.4 is 16.0 Å². The molecule has 28 heavy (non-hydrogen) atoms. The number of carbonyl (C=O) groups excluding carboxylic acids is 2. The molecule has 2 amide bonds. The molecule has 9 heteroatoms. The average molecular weight is 411 g/mol. The number of rotatable bonds is 8. The molecular weight excluding hydrogens is 380 g/mol. The number of benzene rings is 1. The van der Waals surface area contributed by atoms with Gasteiger partial charge in [0.1, 0.15) is 0 Å². The van der Waals surface area contributed by atoms with Crippen LogP contribution in [0.1, 0.15) is 44.0 Å². The van der Waals surface area contributed by atoms with Gasteiger partial charge in [0.15, 0.2) is 0 Å². The number of hydrogen-bond donors (Lipinski definition) is 2. The van der Waals surface area contributed by atoms with E-state index in [1.165, 1.54) is 10.4 Å². The Labute approximate surface area is 167 Å². The van der Waals surface area contributed by atoms with Crippen LogP contribution in [0.5, 0.6) is 0 Å². The summed E-state index contributed by atoms with van der Waals surface area (Å²) in [5.74, 6) is -0.552. The molecule has 1 fully saturated rings. The number of piperidine rings is 1. The van der Waals surface area contributed by atoms with Crippen molar-refractivity contribution in [3.63, 3.8) is 0 Å². The molecule has 1 heterocycles. The van der Waals surface area contributed by atoms with Gasteiger partial charge in [-0.3, -0.25) is 9.59 Å². The quantitative estimate of drug-likeness (QED) is 0.668. The maximum atomic E-state index is 12.9. The van der Waals surface area contributed by atoms with Gasteiger partial charge in [0.25, 0.3) is 5.91 Å². The summed E-state index contributed by atoms with van der Waals surface area (Å²) in [6.07, 6.45) is 2.00. The van der Waals surface area contributed by atoms with Crippen molar-refractivity contribution in [2.45, 2.75) is 38.5 Å². The van der Waals surface area contributed by atoms with Gasteiger partial charge in [-0.2, -0.15) is 4.31 Å². The molecule has 0 radical (unpaired) electrons. The molecular formula is C19H30N4O4S. The Morgan fingerprint density at radius 3 is 2.36 bits per heavy atom. The molecule has 3 N–H and O–H groups in total. The number of carbonyl (C=O) groups is 2. The molecule has 1 aliphatic rings. The van der Waals surface area contributed by atoms with E-state index in [2.05, 4.69) is 17.1 Å². The van der Waals surface area contributed by atoms with Crippen LogP contribution in [0.4, 0.5) is 5.69 Å². The first kappa shape index (κ1) is 22.2. The predicted molar refractivity (Wildman–Crippen MR) is 109 cm³/mol. The minimum absolute atomic E-state index is 0.0644. The number of anilines is 1. The third-order valence-electron chi connectivity index (χ3n) is 5.10. The third kappa shape index (κ3) is 5.02. The van der Waals surface area contributed by atoms with Crippen molar-refractivity contribution in [2.75, 3.05) is 37.6 Å². The second-order valence-electron chi connectivity index (χ2n) is 7.09. The molecule has 0 spiro atoms. The number of nitrogens with one attached hydrogen (secondary N) is 1. The lowest BCUT2D eigenvalue weighted by Crippen LogP contribution is -2.37. The maximum absolute atomic E-state index is 12.9. The summed E-state index contributed by atoms with van der Waals surface area (Å²) >= 11 is 0. The molecule has 8 nitrogen and oxygen atoms in total. The number of sulfonamides is 1. The van der Waals surface area contributed by atoms with Crippen LogP contribution in [0.15, 0.2) is 23.1 Å². The Balaban J connectivity index is 2.45. The van der Waals surface area contributed by atoms with Gasteiger partial charge in [-0.1, -0.05) is 20.8 Å². The minimum atomic E-state index is -3.70. The molecule has 156 valence electrons. The zero-order valence-electron chi connectivity index (χ0n) is 16.8.